The number of esters is 1. The van der Waals surface area contributed by atoms with Gasteiger partial charge in [0.1, 0.15) is 18.4 Å². The van der Waals surface area contributed by atoms with E-state index in [1.54, 1.807) is 35.2 Å². The standard InChI is InChI=1S/C17H16ClN5O3/c18-14-13-15(22-17(19)21-14)23(9-20-13)12-7-6-11(26-12)8-25-16(24)10-4-2-1-3-5-10/h1-5,9,11-12H,6-8H2,(H2,19,21,22). The van der Waals surface area contributed by atoms with E-state index in [2.05, 4.69) is 15.0 Å². The molecule has 0 amide bonds. The highest BCUT2D eigenvalue weighted by molar-refractivity contribution is 6.33. The van der Waals surface area contributed by atoms with Crippen molar-refractivity contribution < 1.29 is 14.3 Å². The van der Waals surface area contributed by atoms with Crippen LogP contribution in [0.4, 0.5) is 5.95 Å². The fourth-order valence-corrected chi connectivity index (χ4v) is 3.17. The molecule has 1 saturated heterocycles. The third-order valence-electron chi connectivity index (χ3n) is 4.20. The molecule has 0 radical (unpaired) electrons. The average molecular weight is 374 g/mol. The van der Waals surface area contributed by atoms with Gasteiger partial charge < -0.3 is 15.2 Å². The maximum absolute atomic E-state index is 12.0. The predicted molar refractivity (Wildman–Crippen MR) is 94.6 cm³/mol. The molecule has 0 saturated carbocycles. The molecule has 0 aliphatic carbocycles. The number of nitrogens with two attached hydrogens (primary N) is 1. The number of carbonyl (C=O) groups excluding carboxylic acids is 1. The zero-order chi connectivity index (χ0) is 18.1. The van der Waals surface area contributed by atoms with Crippen molar-refractivity contribution in [2.24, 2.45) is 0 Å². The fourth-order valence-electron chi connectivity index (χ4n) is 2.95. The minimum absolute atomic E-state index is 0.0792. The maximum atomic E-state index is 12.0. The minimum atomic E-state index is -0.363. The van der Waals surface area contributed by atoms with Crippen LogP contribution in [0.1, 0.15) is 29.4 Å². The van der Waals surface area contributed by atoms with Crippen molar-refractivity contribution in [1.82, 2.24) is 19.5 Å². The van der Waals surface area contributed by atoms with E-state index in [0.29, 0.717) is 16.7 Å². The van der Waals surface area contributed by atoms with E-state index in [-0.39, 0.29) is 36.0 Å². The second kappa shape index (κ2) is 6.89. The summed E-state index contributed by atoms with van der Waals surface area (Å²) in [5, 5.41) is 0.206. The van der Waals surface area contributed by atoms with Gasteiger partial charge >= 0.3 is 5.97 Å². The van der Waals surface area contributed by atoms with Crippen LogP contribution in [0.2, 0.25) is 5.15 Å². The SMILES string of the molecule is Nc1nc(Cl)c2ncn(C3CCC(COC(=O)c4ccccc4)O3)c2n1. The number of fused-ring (bicyclic) bond motifs is 1. The van der Waals surface area contributed by atoms with E-state index in [1.807, 2.05) is 6.07 Å². The van der Waals surface area contributed by atoms with Crippen molar-refractivity contribution in [1.29, 1.82) is 0 Å². The number of imidazole rings is 1. The van der Waals surface area contributed by atoms with Crippen LogP contribution in [0.3, 0.4) is 0 Å². The molecule has 2 N–H and O–H groups in total. The van der Waals surface area contributed by atoms with Crippen LogP contribution >= 0.6 is 11.6 Å². The van der Waals surface area contributed by atoms with Crippen molar-refractivity contribution in [2.75, 3.05) is 12.3 Å². The highest BCUT2D eigenvalue weighted by atomic mass is 35.5. The van der Waals surface area contributed by atoms with E-state index in [1.165, 1.54) is 0 Å². The highest BCUT2D eigenvalue weighted by Crippen LogP contribution is 2.31. The summed E-state index contributed by atoms with van der Waals surface area (Å²) in [6.07, 6.45) is 2.63. The van der Waals surface area contributed by atoms with Gasteiger partial charge in [-0.2, -0.15) is 9.97 Å². The van der Waals surface area contributed by atoms with E-state index in [0.717, 1.165) is 12.8 Å². The minimum Gasteiger partial charge on any atom is -0.459 e. The summed E-state index contributed by atoms with van der Waals surface area (Å²) in [6.45, 7) is 0.189. The van der Waals surface area contributed by atoms with Crippen LogP contribution in [-0.2, 0) is 9.47 Å². The Morgan fingerprint density at radius 3 is 2.92 bits per heavy atom. The molecule has 2 atom stereocenters. The maximum Gasteiger partial charge on any atom is 0.338 e. The third-order valence-corrected chi connectivity index (χ3v) is 4.46. The third kappa shape index (κ3) is 3.21. The molecular weight excluding hydrogens is 358 g/mol. The van der Waals surface area contributed by atoms with Crippen molar-refractivity contribution >= 4 is 34.7 Å². The number of ether oxygens (including phenoxy) is 2. The highest BCUT2D eigenvalue weighted by Gasteiger charge is 2.29. The molecule has 0 bridgehead atoms. The van der Waals surface area contributed by atoms with Crippen molar-refractivity contribution in [3.8, 4) is 0 Å². The number of halogens is 1. The van der Waals surface area contributed by atoms with Gasteiger partial charge in [0.15, 0.2) is 10.8 Å². The van der Waals surface area contributed by atoms with E-state index < -0.39 is 0 Å². The number of carbonyl (C=O) groups is 1. The lowest BCUT2D eigenvalue weighted by Crippen LogP contribution is -2.19. The van der Waals surface area contributed by atoms with Gasteiger partial charge in [0.05, 0.1) is 18.0 Å². The molecule has 2 unspecified atom stereocenters. The monoisotopic (exact) mass is 373 g/mol. The molecule has 26 heavy (non-hydrogen) atoms. The quantitative estimate of drug-likeness (QED) is 0.553. The van der Waals surface area contributed by atoms with E-state index >= 15 is 0 Å². The second-order valence-corrected chi connectivity index (χ2v) is 6.31. The Bertz CT molecular complexity index is 946. The Morgan fingerprint density at radius 2 is 2.12 bits per heavy atom. The summed E-state index contributed by atoms with van der Waals surface area (Å²) in [4.78, 5) is 24.3. The Morgan fingerprint density at radius 1 is 1.31 bits per heavy atom. The smallest absolute Gasteiger partial charge is 0.338 e. The van der Waals surface area contributed by atoms with Gasteiger partial charge in [0.2, 0.25) is 5.95 Å². The van der Waals surface area contributed by atoms with Crippen LogP contribution < -0.4 is 5.73 Å². The fraction of sp³-hybridized carbons (Fsp3) is 0.294. The molecule has 134 valence electrons. The Kier molecular flexibility index (Phi) is 4.44. The zero-order valence-electron chi connectivity index (χ0n) is 13.7. The van der Waals surface area contributed by atoms with E-state index in [9.17, 15) is 4.79 Å². The van der Waals surface area contributed by atoms with Gasteiger partial charge in [-0.1, -0.05) is 29.8 Å². The zero-order valence-corrected chi connectivity index (χ0v) is 14.5. The lowest BCUT2D eigenvalue weighted by molar-refractivity contribution is -0.0309. The summed E-state index contributed by atoms with van der Waals surface area (Å²) in [5.74, 6) is -0.284. The van der Waals surface area contributed by atoms with E-state index in [4.69, 9.17) is 26.8 Å². The number of hydrogen-bond acceptors (Lipinski definition) is 7. The van der Waals surface area contributed by atoms with Crippen molar-refractivity contribution in [3.63, 3.8) is 0 Å². The Labute approximate surface area is 153 Å². The molecule has 1 fully saturated rings. The first kappa shape index (κ1) is 16.7. The molecule has 9 heteroatoms. The first-order valence-corrected chi connectivity index (χ1v) is 8.53. The van der Waals surface area contributed by atoms with Gasteiger partial charge in [-0.3, -0.25) is 4.57 Å². The lowest BCUT2D eigenvalue weighted by atomic mass is 10.2. The number of nitrogen functional groups attached to an aromatic ring is 1. The van der Waals surface area contributed by atoms with Crippen LogP contribution in [0.5, 0.6) is 0 Å². The van der Waals surface area contributed by atoms with Crippen LogP contribution in [0.15, 0.2) is 36.7 Å². The summed E-state index contributed by atoms with van der Waals surface area (Å²) in [6, 6.07) is 8.86. The Balaban J connectivity index is 1.42. The van der Waals surface area contributed by atoms with Gasteiger partial charge in [-0.25, -0.2) is 9.78 Å². The van der Waals surface area contributed by atoms with Crippen molar-refractivity contribution in [3.05, 3.63) is 47.4 Å². The number of rotatable bonds is 4. The van der Waals surface area contributed by atoms with Gasteiger partial charge in [-0.15, -0.1) is 0 Å². The number of hydrogen-bond donors (Lipinski definition) is 1. The molecule has 3 aromatic rings. The topological polar surface area (TPSA) is 105 Å². The molecular formula is C17H16ClN5O3. The molecule has 1 aromatic carbocycles. The van der Waals surface area contributed by atoms with Crippen molar-refractivity contribution in [2.45, 2.75) is 25.2 Å². The number of aromatic nitrogens is 4. The number of nitrogens with zero attached hydrogens (tertiary/aromatic N) is 4. The van der Waals surface area contributed by atoms with Gasteiger partial charge in [-0.05, 0) is 25.0 Å². The molecule has 2 aromatic heterocycles. The number of benzene rings is 1. The molecule has 4 rings (SSSR count). The first-order chi connectivity index (χ1) is 12.6. The average Bonchev–Trinajstić information content (AvgIpc) is 3.27. The molecule has 1 aliphatic heterocycles. The largest absolute Gasteiger partial charge is 0.459 e. The number of anilines is 1. The summed E-state index contributed by atoms with van der Waals surface area (Å²) in [7, 11) is 0. The first-order valence-electron chi connectivity index (χ1n) is 8.15. The molecule has 8 nitrogen and oxygen atoms in total. The normalized spacial score (nSPS) is 19.7. The Hall–Kier alpha value is -2.71. The van der Waals surface area contributed by atoms with Gasteiger partial charge in [0, 0.05) is 0 Å². The predicted octanol–water partition coefficient (Wildman–Crippen LogP) is 2.60. The molecule has 3 heterocycles. The van der Waals surface area contributed by atoms with Gasteiger partial charge in [0.25, 0.3) is 0 Å². The molecule has 0 spiro atoms. The van der Waals surface area contributed by atoms with Crippen LogP contribution in [0.25, 0.3) is 11.2 Å². The summed E-state index contributed by atoms with van der Waals surface area (Å²) in [5.41, 5.74) is 7.18. The molecule has 1 aliphatic rings. The lowest BCUT2D eigenvalue weighted by Gasteiger charge is -2.15. The van der Waals surface area contributed by atoms with Crippen LogP contribution in [0, 0.1) is 0 Å². The summed E-state index contributed by atoms with van der Waals surface area (Å²) >= 11 is 6.05. The van der Waals surface area contributed by atoms with Crippen LogP contribution in [-0.4, -0.2) is 38.2 Å². The second-order valence-electron chi connectivity index (χ2n) is 5.95. The summed E-state index contributed by atoms with van der Waals surface area (Å²) < 4.78 is 13.1.